The molecule has 1 fully saturated rings. The molecule has 1 N–H and O–H groups in total. The first-order valence-corrected chi connectivity index (χ1v) is 7.59. The maximum atomic E-state index is 12.2. The number of amides is 1. The lowest BCUT2D eigenvalue weighted by molar-refractivity contribution is 0.0906. The summed E-state index contributed by atoms with van der Waals surface area (Å²) in [4.78, 5) is 18.7. The molecular formula is C15H21N5O2. The van der Waals surface area contributed by atoms with Crippen LogP contribution >= 0.6 is 0 Å². The van der Waals surface area contributed by atoms with Crippen molar-refractivity contribution in [3.63, 3.8) is 0 Å². The van der Waals surface area contributed by atoms with Gasteiger partial charge in [-0.25, -0.2) is 4.98 Å². The Balaban J connectivity index is 1.60. The second kappa shape index (κ2) is 6.31. The SMILES string of the molecule is C[C@@H](NC(=O)c1ccc(CN2CCCC2)o1)c1ncnn1C. The van der Waals surface area contributed by atoms with E-state index < -0.39 is 0 Å². The van der Waals surface area contributed by atoms with Gasteiger partial charge in [0.25, 0.3) is 5.91 Å². The van der Waals surface area contributed by atoms with Gasteiger partial charge in [-0.15, -0.1) is 0 Å². The number of carbonyl (C=O) groups is 1. The van der Waals surface area contributed by atoms with Gasteiger partial charge in [0.05, 0.1) is 12.6 Å². The van der Waals surface area contributed by atoms with Crippen LogP contribution in [0.25, 0.3) is 0 Å². The van der Waals surface area contributed by atoms with Crippen molar-refractivity contribution in [2.24, 2.45) is 7.05 Å². The number of hydrogen-bond donors (Lipinski definition) is 1. The van der Waals surface area contributed by atoms with E-state index in [1.165, 1.54) is 19.2 Å². The molecule has 22 heavy (non-hydrogen) atoms. The number of hydrogen-bond acceptors (Lipinski definition) is 5. The number of nitrogens with one attached hydrogen (secondary N) is 1. The van der Waals surface area contributed by atoms with Crippen LogP contribution in [0, 0.1) is 0 Å². The number of nitrogens with zero attached hydrogens (tertiary/aromatic N) is 4. The van der Waals surface area contributed by atoms with Crippen LogP contribution in [0.4, 0.5) is 0 Å². The van der Waals surface area contributed by atoms with E-state index in [2.05, 4.69) is 20.3 Å². The number of aryl methyl sites for hydroxylation is 1. The summed E-state index contributed by atoms with van der Waals surface area (Å²) in [5.74, 6) is 1.64. The molecule has 7 heteroatoms. The van der Waals surface area contributed by atoms with Crippen LogP contribution in [-0.4, -0.2) is 38.7 Å². The minimum atomic E-state index is -0.233. The summed E-state index contributed by atoms with van der Waals surface area (Å²) in [5, 5.41) is 6.88. The molecule has 2 aromatic heterocycles. The van der Waals surface area contributed by atoms with E-state index in [0.717, 1.165) is 25.4 Å². The van der Waals surface area contributed by atoms with Crippen LogP contribution in [0.3, 0.4) is 0 Å². The van der Waals surface area contributed by atoms with E-state index >= 15 is 0 Å². The zero-order chi connectivity index (χ0) is 15.5. The summed E-state index contributed by atoms with van der Waals surface area (Å²) in [5.41, 5.74) is 0. The molecular weight excluding hydrogens is 282 g/mol. The van der Waals surface area contributed by atoms with Crippen molar-refractivity contribution in [1.82, 2.24) is 25.0 Å². The average molecular weight is 303 g/mol. The van der Waals surface area contributed by atoms with Gasteiger partial charge in [-0.3, -0.25) is 14.4 Å². The van der Waals surface area contributed by atoms with Crippen LogP contribution in [0.1, 0.15) is 47.9 Å². The second-order valence-electron chi connectivity index (χ2n) is 5.69. The molecule has 0 saturated carbocycles. The van der Waals surface area contributed by atoms with E-state index in [1.807, 2.05) is 13.0 Å². The Morgan fingerprint density at radius 3 is 2.86 bits per heavy atom. The van der Waals surface area contributed by atoms with Crippen molar-refractivity contribution in [3.8, 4) is 0 Å². The fraction of sp³-hybridized carbons (Fsp3) is 0.533. The predicted octanol–water partition coefficient (Wildman–Crippen LogP) is 1.49. The number of rotatable bonds is 5. The molecule has 3 heterocycles. The topological polar surface area (TPSA) is 76.2 Å². The Kier molecular flexibility index (Phi) is 4.24. The Morgan fingerprint density at radius 1 is 1.41 bits per heavy atom. The van der Waals surface area contributed by atoms with Gasteiger partial charge in [-0.1, -0.05) is 0 Å². The molecule has 1 amide bonds. The summed E-state index contributed by atoms with van der Waals surface area (Å²) in [6.45, 7) is 4.85. The highest BCUT2D eigenvalue weighted by Crippen LogP contribution is 2.16. The zero-order valence-electron chi connectivity index (χ0n) is 13.0. The van der Waals surface area contributed by atoms with E-state index in [0.29, 0.717) is 11.6 Å². The monoisotopic (exact) mass is 303 g/mol. The zero-order valence-corrected chi connectivity index (χ0v) is 13.0. The number of furan rings is 1. The Bertz CT molecular complexity index is 642. The Morgan fingerprint density at radius 2 is 2.18 bits per heavy atom. The molecule has 0 bridgehead atoms. The fourth-order valence-corrected chi connectivity index (χ4v) is 2.78. The normalized spacial score (nSPS) is 16.8. The van der Waals surface area contributed by atoms with Crippen LogP contribution in [0.5, 0.6) is 0 Å². The highest BCUT2D eigenvalue weighted by molar-refractivity contribution is 5.91. The van der Waals surface area contributed by atoms with Crippen molar-refractivity contribution >= 4 is 5.91 Å². The molecule has 0 aliphatic carbocycles. The van der Waals surface area contributed by atoms with Gasteiger partial charge in [0.1, 0.15) is 17.9 Å². The van der Waals surface area contributed by atoms with E-state index in [4.69, 9.17) is 4.42 Å². The number of aromatic nitrogens is 3. The first-order valence-electron chi connectivity index (χ1n) is 7.59. The average Bonchev–Trinajstić information content (AvgIpc) is 3.20. The summed E-state index contributed by atoms with van der Waals surface area (Å²) in [6, 6.07) is 3.37. The maximum Gasteiger partial charge on any atom is 0.287 e. The third kappa shape index (κ3) is 3.19. The largest absolute Gasteiger partial charge is 0.455 e. The molecule has 1 aliphatic heterocycles. The van der Waals surface area contributed by atoms with Crippen molar-refractivity contribution in [2.45, 2.75) is 32.4 Å². The van der Waals surface area contributed by atoms with Gasteiger partial charge in [0.2, 0.25) is 0 Å². The van der Waals surface area contributed by atoms with Gasteiger partial charge < -0.3 is 9.73 Å². The lowest BCUT2D eigenvalue weighted by Gasteiger charge is -2.12. The van der Waals surface area contributed by atoms with Gasteiger partial charge in [0, 0.05) is 7.05 Å². The van der Waals surface area contributed by atoms with E-state index in [9.17, 15) is 4.79 Å². The van der Waals surface area contributed by atoms with Crippen molar-refractivity contribution < 1.29 is 9.21 Å². The lowest BCUT2D eigenvalue weighted by atomic mass is 10.3. The summed E-state index contributed by atoms with van der Waals surface area (Å²) in [6.07, 6.45) is 3.95. The van der Waals surface area contributed by atoms with Crippen molar-refractivity contribution in [3.05, 3.63) is 35.8 Å². The van der Waals surface area contributed by atoms with E-state index in [1.54, 1.807) is 17.8 Å². The third-order valence-electron chi connectivity index (χ3n) is 3.94. The van der Waals surface area contributed by atoms with Gasteiger partial charge in [-0.05, 0) is 45.0 Å². The summed E-state index contributed by atoms with van der Waals surface area (Å²) in [7, 11) is 1.80. The van der Waals surface area contributed by atoms with Crippen molar-refractivity contribution in [2.75, 3.05) is 13.1 Å². The smallest absolute Gasteiger partial charge is 0.287 e. The third-order valence-corrected chi connectivity index (χ3v) is 3.94. The van der Waals surface area contributed by atoms with Crippen LogP contribution in [0.2, 0.25) is 0 Å². The molecule has 0 radical (unpaired) electrons. The summed E-state index contributed by atoms with van der Waals surface area (Å²) >= 11 is 0. The van der Waals surface area contributed by atoms with Gasteiger partial charge in [0.15, 0.2) is 5.76 Å². The van der Waals surface area contributed by atoms with Gasteiger partial charge in [-0.2, -0.15) is 5.10 Å². The molecule has 0 spiro atoms. The Labute approximate surface area is 129 Å². The molecule has 1 saturated heterocycles. The van der Waals surface area contributed by atoms with Gasteiger partial charge >= 0.3 is 0 Å². The van der Waals surface area contributed by atoms with Crippen molar-refractivity contribution in [1.29, 1.82) is 0 Å². The second-order valence-corrected chi connectivity index (χ2v) is 5.69. The Hall–Kier alpha value is -2.15. The highest BCUT2D eigenvalue weighted by atomic mass is 16.4. The number of carbonyl (C=O) groups excluding carboxylic acids is 1. The van der Waals surface area contributed by atoms with Crippen LogP contribution in [-0.2, 0) is 13.6 Å². The molecule has 1 atom stereocenters. The minimum absolute atomic E-state index is 0.230. The van der Waals surface area contributed by atoms with Crippen LogP contribution in [0.15, 0.2) is 22.9 Å². The first kappa shape index (κ1) is 14.8. The quantitative estimate of drug-likeness (QED) is 0.905. The molecule has 2 aromatic rings. The molecule has 3 rings (SSSR count). The standard InChI is InChI=1S/C15H21N5O2/c1-11(14-16-10-17-19(14)2)18-15(21)13-6-5-12(22-13)9-20-7-3-4-8-20/h5-6,10-11H,3-4,7-9H2,1-2H3,(H,18,21)/t11-/m1/s1. The predicted molar refractivity (Wildman–Crippen MR) is 80.1 cm³/mol. The van der Waals surface area contributed by atoms with Crippen LogP contribution < -0.4 is 5.32 Å². The van der Waals surface area contributed by atoms with E-state index in [-0.39, 0.29) is 11.9 Å². The molecule has 7 nitrogen and oxygen atoms in total. The minimum Gasteiger partial charge on any atom is -0.455 e. The lowest BCUT2D eigenvalue weighted by Crippen LogP contribution is -2.28. The summed E-state index contributed by atoms with van der Waals surface area (Å²) < 4.78 is 7.30. The first-order chi connectivity index (χ1) is 10.6. The molecule has 0 unspecified atom stereocenters. The molecule has 118 valence electrons. The molecule has 0 aromatic carbocycles. The maximum absolute atomic E-state index is 12.2. The highest BCUT2D eigenvalue weighted by Gasteiger charge is 2.19. The fourth-order valence-electron chi connectivity index (χ4n) is 2.78. The molecule has 1 aliphatic rings. The number of likely N-dealkylation sites (tertiary alicyclic amines) is 1.